The van der Waals surface area contributed by atoms with E-state index >= 15 is 0 Å². The number of rotatable bonds is 2. The van der Waals surface area contributed by atoms with E-state index < -0.39 is 5.82 Å². The third-order valence-corrected chi connectivity index (χ3v) is 2.09. The number of allylic oxidation sites excluding steroid dienone is 1. The highest BCUT2D eigenvalue weighted by Crippen LogP contribution is 2.29. The number of para-hydroxylation sites is 1. The summed E-state index contributed by atoms with van der Waals surface area (Å²) in [5.74, 6) is 0.339. The van der Waals surface area contributed by atoms with Crippen molar-refractivity contribution in [2.24, 2.45) is 5.41 Å². The van der Waals surface area contributed by atoms with Gasteiger partial charge in [-0.05, 0) is 12.1 Å². The van der Waals surface area contributed by atoms with Gasteiger partial charge in [0, 0.05) is 11.0 Å². The van der Waals surface area contributed by atoms with Crippen LogP contribution in [0.1, 0.15) is 20.8 Å². The molecular weight excluding hydrogens is 215 g/mol. The van der Waals surface area contributed by atoms with Gasteiger partial charge in [-0.15, -0.1) is 0 Å². The Labute approximate surface area is 94.5 Å². The average Bonchev–Trinajstić information content (AvgIpc) is 2.14. The Morgan fingerprint density at radius 1 is 1.33 bits per heavy atom. The van der Waals surface area contributed by atoms with Crippen LogP contribution in [-0.4, -0.2) is 0 Å². The predicted molar refractivity (Wildman–Crippen MR) is 60.4 cm³/mol. The molecule has 0 amide bonds. The number of hydrogen-bond acceptors (Lipinski definition) is 1. The maximum atomic E-state index is 13.3. The van der Waals surface area contributed by atoms with Gasteiger partial charge < -0.3 is 4.74 Å². The van der Waals surface area contributed by atoms with Crippen molar-refractivity contribution in [1.82, 2.24) is 0 Å². The number of hydrogen-bond donors (Lipinski definition) is 0. The minimum atomic E-state index is -0.391. The highest BCUT2D eigenvalue weighted by molar-refractivity contribution is 6.25. The fourth-order valence-corrected chi connectivity index (χ4v) is 1.36. The summed E-state index contributed by atoms with van der Waals surface area (Å²) in [5.41, 5.74) is 1.09. The van der Waals surface area contributed by atoms with Crippen LogP contribution >= 0.6 is 11.6 Å². The topological polar surface area (TPSA) is 9.23 Å². The summed E-state index contributed by atoms with van der Waals surface area (Å²) >= 11 is 5.64. The lowest BCUT2D eigenvalue weighted by molar-refractivity contribution is 0.285. The molecule has 0 saturated heterocycles. The first-order valence-electron chi connectivity index (χ1n) is 4.68. The molecule has 1 aromatic rings. The van der Waals surface area contributed by atoms with Gasteiger partial charge in [-0.3, -0.25) is 0 Å². The summed E-state index contributed by atoms with van der Waals surface area (Å²) in [5, 5.41) is 0. The van der Waals surface area contributed by atoms with Crippen LogP contribution in [0, 0.1) is 11.2 Å². The molecule has 0 bridgehead atoms. The van der Waals surface area contributed by atoms with Crippen LogP contribution in [0.25, 0.3) is 0 Å². The largest absolute Gasteiger partial charge is 0.457 e. The van der Waals surface area contributed by atoms with Crippen molar-refractivity contribution < 1.29 is 9.13 Å². The number of benzene rings is 1. The Morgan fingerprint density at radius 3 is 2.40 bits per heavy atom. The summed E-state index contributed by atoms with van der Waals surface area (Å²) in [4.78, 5) is 0. The molecule has 0 unspecified atom stereocenters. The molecule has 0 aliphatic rings. The highest BCUT2D eigenvalue weighted by atomic mass is 35.5. The van der Waals surface area contributed by atoms with E-state index in [0.29, 0.717) is 5.76 Å². The molecule has 82 valence electrons. The Balaban J connectivity index is 2.91. The fourth-order valence-electron chi connectivity index (χ4n) is 0.985. The lowest BCUT2D eigenvalue weighted by atomic mass is 9.95. The van der Waals surface area contributed by atoms with Crippen molar-refractivity contribution in [3.63, 3.8) is 0 Å². The minimum absolute atomic E-state index is 0.194. The zero-order valence-corrected chi connectivity index (χ0v) is 9.81. The third-order valence-electron chi connectivity index (χ3n) is 1.89. The Bertz CT molecular complexity index is 366. The summed E-state index contributed by atoms with van der Waals surface area (Å²) in [6.45, 7) is 5.84. The molecule has 0 atom stereocenters. The molecule has 0 aliphatic carbocycles. The molecule has 1 nitrogen and oxygen atoms in total. The summed E-state index contributed by atoms with van der Waals surface area (Å²) < 4.78 is 18.7. The normalized spacial score (nSPS) is 12.7. The SMILES string of the molecule is CC(C)(C)/C(=C/Cl)Oc1ccccc1F. The molecule has 3 heteroatoms. The van der Waals surface area contributed by atoms with Gasteiger partial charge in [-0.25, -0.2) is 4.39 Å². The standard InChI is InChI=1S/C12H14ClFO/c1-12(2,3)11(8-13)15-10-7-5-4-6-9(10)14/h4-8H,1-3H3/b11-8-. The second kappa shape index (κ2) is 4.67. The molecule has 0 aromatic heterocycles. The van der Waals surface area contributed by atoms with E-state index in [1.807, 2.05) is 20.8 Å². The molecule has 0 aliphatic heterocycles. The van der Waals surface area contributed by atoms with Crippen molar-refractivity contribution in [3.8, 4) is 5.75 Å². The second-order valence-corrected chi connectivity index (χ2v) is 4.47. The smallest absolute Gasteiger partial charge is 0.165 e. The zero-order chi connectivity index (χ0) is 11.5. The van der Waals surface area contributed by atoms with Crippen molar-refractivity contribution in [2.75, 3.05) is 0 Å². The monoisotopic (exact) mass is 228 g/mol. The fraction of sp³-hybridized carbons (Fsp3) is 0.333. The summed E-state index contributed by atoms with van der Waals surface area (Å²) in [6.07, 6.45) is 0. The molecule has 1 rings (SSSR count). The molecule has 0 saturated carbocycles. The first-order valence-corrected chi connectivity index (χ1v) is 5.12. The van der Waals surface area contributed by atoms with E-state index in [0.717, 1.165) is 0 Å². The molecule has 1 aromatic carbocycles. The lowest BCUT2D eigenvalue weighted by Gasteiger charge is -2.22. The van der Waals surface area contributed by atoms with Crippen molar-refractivity contribution in [3.05, 3.63) is 41.4 Å². The van der Waals surface area contributed by atoms with E-state index in [1.54, 1.807) is 18.2 Å². The molecule has 0 fully saturated rings. The van der Waals surface area contributed by atoms with Gasteiger partial charge >= 0.3 is 0 Å². The second-order valence-electron chi connectivity index (χ2n) is 4.26. The average molecular weight is 229 g/mol. The number of ether oxygens (including phenoxy) is 1. The third kappa shape index (κ3) is 3.24. The Morgan fingerprint density at radius 2 is 1.93 bits per heavy atom. The van der Waals surface area contributed by atoms with Crippen LogP contribution < -0.4 is 4.74 Å². The van der Waals surface area contributed by atoms with Gasteiger partial charge in [0.1, 0.15) is 5.76 Å². The first-order chi connectivity index (χ1) is 6.95. The minimum Gasteiger partial charge on any atom is -0.457 e. The molecule has 0 radical (unpaired) electrons. The quantitative estimate of drug-likeness (QED) is 0.685. The predicted octanol–water partition coefficient (Wildman–Crippen LogP) is 4.33. The van der Waals surface area contributed by atoms with E-state index in [1.165, 1.54) is 11.6 Å². The molecule has 0 N–H and O–H groups in total. The van der Waals surface area contributed by atoms with Crippen LogP contribution in [0.2, 0.25) is 0 Å². The molecule has 15 heavy (non-hydrogen) atoms. The number of halogens is 2. The van der Waals surface area contributed by atoms with Gasteiger partial charge in [0.15, 0.2) is 11.6 Å². The van der Waals surface area contributed by atoms with E-state index in [-0.39, 0.29) is 11.2 Å². The Kier molecular flexibility index (Phi) is 3.75. The van der Waals surface area contributed by atoms with E-state index in [9.17, 15) is 4.39 Å². The maximum absolute atomic E-state index is 13.3. The van der Waals surface area contributed by atoms with Crippen LogP contribution in [0.3, 0.4) is 0 Å². The van der Waals surface area contributed by atoms with Crippen molar-refractivity contribution in [1.29, 1.82) is 0 Å². The van der Waals surface area contributed by atoms with Gasteiger partial charge in [0.2, 0.25) is 0 Å². The first kappa shape index (κ1) is 12.1. The molecule has 0 spiro atoms. The molecule has 0 heterocycles. The van der Waals surface area contributed by atoms with Crippen molar-refractivity contribution >= 4 is 11.6 Å². The summed E-state index contributed by atoms with van der Waals surface area (Å²) in [7, 11) is 0. The zero-order valence-electron chi connectivity index (χ0n) is 9.05. The lowest BCUT2D eigenvalue weighted by Crippen LogP contribution is -2.14. The van der Waals surface area contributed by atoms with Crippen LogP contribution in [0.4, 0.5) is 4.39 Å². The van der Waals surface area contributed by atoms with Gasteiger partial charge in [0.05, 0.1) is 0 Å². The van der Waals surface area contributed by atoms with E-state index in [4.69, 9.17) is 16.3 Å². The van der Waals surface area contributed by atoms with Crippen LogP contribution in [-0.2, 0) is 0 Å². The van der Waals surface area contributed by atoms with E-state index in [2.05, 4.69) is 0 Å². The highest BCUT2D eigenvalue weighted by Gasteiger charge is 2.20. The summed E-state index contributed by atoms with van der Waals surface area (Å²) in [6, 6.07) is 6.25. The van der Waals surface area contributed by atoms with Gasteiger partial charge in [-0.2, -0.15) is 0 Å². The van der Waals surface area contributed by atoms with Gasteiger partial charge in [0.25, 0.3) is 0 Å². The Hall–Kier alpha value is -1.02. The van der Waals surface area contributed by atoms with Crippen LogP contribution in [0.5, 0.6) is 5.75 Å². The van der Waals surface area contributed by atoms with Crippen molar-refractivity contribution in [2.45, 2.75) is 20.8 Å². The van der Waals surface area contributed by atoms with Gasteiger partial charge in [-0.1, -0.05) is 44.5 Å². The molecular formula is C12H14ClFO. The van der Waals surface area contributed by atoms with Crippen LogP contribution in [0.15, 0.2) is 35.6 Å². The maximum Gasteiger partial charge on any atom is 0.165 e.